The Morgan fingerprint density at radius 1 is 0.667 bits per heavy atom. The number of ether oxygens (including phenoxy) is 1. The number of Topliss-reactive ketones (excluding diaryl/α,β-unsaturated/α-hetero) is 1. The number of carboxylic acid groups (broad SMARTS) is 2. The van der Waals surface area contributed by atoms with E-state index in [1.165, 1.54) is 4.90 Å². The average molecular weight is 894 g/mol. The number of rotatable bonds is 26. The predicted molar refractivity (Wildman–Crippen MR) is 224 cm³/mol. The van der Waals surface area contributed by atoms with E-state index in [4.69, 9.17) is 9.84 Å². The van der Waals surface area contributed by atoms with Crippen LogP contribution in [0.5, 0.6) is 0 Å². The third-order valence-corrected chi connectivity index (χ3v) is 10.9. The second kappa shape index (κ2) is 27.4. The van der Waals surface area contributed by atoms with Crippen molar-refractivity contribution in [2.75, 3.05) is 19.7 Å². The molecule has 8 N–H and O–H groups in total. The Kier molecular flexibility index (Phi) is 23.3. The summed E-state index contributed by atoms with van der Waals surface area (Å²) in [5.41, 5.74) is 0. The van der Waals surface area contributed by atoms with Crippen molar-refractivity contribution >= 4 is 65.0 Å². The van der Waals surface area contributed by atoms with Gasteiger partial charge < -0.3 is 51.8 Å². The largest absolute Gasteiger partial charge is 0.481 e. The molecule has 21 heteroatoms. The Hall–Kier alpha value is -5.63. The molecule has 0 radical (unpaired) electrons. The highest BCUT2D eigenvalue weighted by atomic mass is 16.5. The number of esters is 1. The normalized spacial score (nSPS) is 17.7. The van der Waals surface area contributed by atoms with Gasteiger partial charge in [-0.3, -0.25) is 52.7 Å². The van der Waals surface area contributed by atoms with Gasteiger partial charge in [0.2, 0.25) is 41.2 Å². The smallest absolute Gasteiger partial charge is 0.325 e. The van der Waals surface area contributed by atoms with Crippen LogP contribution in [0.25, 0.3) is 0 Å². The standard InChI is InChI=1S/C42H67N7O14/c1-6-13-27(36(56)41(61)43-23-33(55)63-22-7-2)45-39(59)30-16-11-12-21-49(30)42(62)35(26-14-9-8-10-15-26)48-40(60)34(24(3)4)47-38(58)29(18-20-32(53)54)46-37(57)28(44-25(5)50)17-19-31(51)52/h24,26-30,34-35H,6-23H2,1-5H3,(H,43,61)(H,44,50)(H,45,59)(H,46,57)(H,47,58)(H,48,60)(H,51,52)(H,53,54). The molecule has 354 valence electrons. The van der Waals surface area contributed by atoms with Gasteiger partial charge >= 0.3 is 17.9 Å². The van der Waals surface area contributed by atoms with E-state index in [1.54, 1.807) is 27.7 Å². The topological polar surface area (TPSA) is 313 Å². The molecule has 0 bridgehead atoms. The molecule has 6 atom stereocenters. The maximum Gasteiger partial charge on any atom is 0.325 e. The molecule has 1 saturated heterocycles. The van der Waals surface area contributed by atoms with E-state index >= 15 is 0 Å². The predicted octanol–water partition coefficient (Wildman–Crippen LogP) is 0.216. The molecule has 0 spiro atoms. The Bertz CT molecular complexity index is 1650. The lowest BCUT2D eigenvalue weighted by Gasteiger charge is -2.40. The van der Waals surface area contributed by atoms with Crippen LogP contribution in [0, 0.1) is 11.8 Å². The Morgan fingerprint density at radius 2 is 1.25 bits per heavy atom. The number of aliphatic carboxylic acids is 2. The Labute approximate surface area is 367 Å². The lowest BCUT2D eigenvalue weighted by molar-refractivity contribution is -0.148. The van der Waals surface area contributed by atoms with Crippen LogP contribution in [0.3, 0.4) is 0 Å². The van der Waals surface area contributed by atoms with Crippen molar-refractivity contribution in [3.05, 3.63) is 0 Å². The molecule has 2 rings (SSSR count). The third-order valence-electron chi connectivity index (χ3n) is 10.9. The van der Waals surface area contributed by atoms with Crippen molar-refractivity contribution in [3.63, 3.8) is 0 Å². The summed E-state index contributed by atoms with van der Waals surface area (Å²) in [5.74, 6) is -10.7. The van der Waals surface area contributed by atoms with Crippen LogP contribution in [-0.2, 0) is 57.5 Å². The Morgan fingerprint density at radius 3 is 1.81 bits per heavy atom. The van der Waals surface area contributed by atoms with E-state index in [0.717, 1.165) is 26.2 Å². The molecule has 0 aromatic heterocycles. The van der Waals surface area contributed by atoms with Crippen LogP contribution < -0.4 is 31.9 Å². The molecule has 1 aliphatic heterocycles. The van der Waals surface area contributed by atoms with E-state index in [1.807, 2.05) is 0 Å². The number of piperidine rings is 1. The highest BCUT2D eigenvalue weighted by Gasteiger charge is 2.42. The summed E-state index contributed by atoms with van der Waals surface area (Å²) in [5, 5.41) is 33.5. The molecule has 63 heavy (non-hydrogen) atoms. The zero-order valence-electron chi connectivity index (χ0n) is 37.1. The highest BCUT2D eigenvalue weighted by molar-refractivity contribution is 6.38. The van der Waals surface area contributed by atoms with Gasteiger partial charge in [0.1, 0.15) is 36.8 Å². The number of likely N-dealkylation sites (tertiary alicyclic amines) is 1. The van der Waals surface area contributed by atoms with Crippen LogP contribution in [0.4, 0.5) is 0 Å². The minimum Gasteiger partial charge on any atom is -0.481 e. The maximum absolute atomic E-state index is 14.7. The van der Waals surface area contributed by atoms with Crippen LogP contribution in [0.15, 0.2) is 0 Å². The van der Waals surface area contributed by atoms with Crippen molar-refractivity contribution in [2.24, 2.45) is 11.8 Å². The second-order valence-electron chi connectivity index (χ2n) is 16.5. The number of hydrogen-bond donors (Lipinski definition) is 8. The fourth-order valence-electron chi connectivity index (χ4n) is 7.61. The number of nitrogens with one attached hydrogen (secondary N) is 6. The molecule has 2 aliphatic rings. The first-order valence-electron chi connectivity index (χ1n) is 22.0. The first-order chi connectivity index (χ1) is 29.8. The minimum absolute atomic E-state index is 0.101. The molecular formula is C42H67N7O14. The summed E-state index contributed by atoms with van der Waals surface area (Å²) in [4.78, 5) is 143. The quantitative estimate of drug-likeness (QED) is 0.0426. The number of ketones is 1. The first kappa shape index (κ1) is 53.5. The number of hydrogen-bond acceptors (Lipinski definition) is 12. The van der Waals surface area contributed by atoms with Gasteiger partial charge in [0.25, 0.3) is 5.91 Å². The average Bonchev–Trinajstić information content (AvgIpc) is 3.24. The summed E-state index contributed by atoms with van der Waals surface area (Å²) in [7, 11) is 0. The summed E-state index contributed by atoms with van der Waals surface area (Å²) < 4.78 is 4.93. The van der Waals surface area contributed by atoms with Gasteiger partial charge in [-0.1, -0.05) is 53.4 Å². The number of carboxylic acids is 2. The van der Waals surface area contributed by atoms with Crippen molar-refractivity contribution < 1.29 is 67.7 Å². The Balaban J connectivity index is 2.35. The molecule has 0 aromatic rings. The number of nitrogens with zero attached hydrogens (tertiary/aromatic N) is 1. The molecule has 1 aliphatic carbocycles. The third kappa shape index (κ3) is 18.3. The fraction of sp³-hybridized carbons (Fsp3) is 0.738. The summed E-state index contributed by atoms with van der Waals surface area (Å²) in [6.07, 6.45) is 4.23. The fourth-order valence-corrected chi connectivity index (χ4v) is 7.61. The molecule has 2 fully saturated rings. The van der Waals surface area contributed by atoms with Gasteiger partial charge in [0.15, 0.2) is 0 Å². The molecule has 1 heterocycles. The number of carbonyl (C=O) groups excluding carboxylic acids is 9. The van der Waals surface area contributed by atoms with E-state index in [0.29, 0.717) is 38.5 Å². The minimum atomic E-state index is -1.52. The molecule has 6 unspecified atom stereocenters. The highest BCUT2D eigenvalue weighted by Crippen LogP contribution is 2.29. The van der Waals surface area contributed by atoms with E-state index in [9.17, 15) is 57.8 Å². The molecular weight excluding hydrogens is 826 g/mol. The second-order valence-corrected chi connectivity index (χ2v) is 16.5. The van der Waals surface area contributed by atoms with Crippen molar-refractivity contribution in [3.8, 4) is 0 Å². The van der Waals surface area contributed by atoms with Crippen molar-refractivity contribution in [2.45, 2.75) is 167 Å². The van der Waals surface area contributed by atoms with Crippen LogP contribution in [-0.4, -0.2) is 136 Å². The van der Waals surface area contributed by atoms with Gasteiger partial charge in [0.05, 0.1) is 12.6 Å². The van der Waals surface area contributed by atoms with E-state index in [-0.39, 0.29) is 38.3 Å². The zero-order chi connectivity index (χ0) is 47.2. The summed E-state index contributed by atoms with van der Waals surface area (Å²) in [6, 6.07) is -7.63. The van der Waals surface area contributed by atoms with Gasteiger partial charge in [-0.05, 0) is 69.6 Å². The van der Waals surface area contributed by atoms with Gasteiger partial charge in [-0.2, -0.15) is 0 Å². The van der Waals surface area contributed by atoms with Crippen LogP contribution in [0.2, 0.25) is 0 Å². The maximum atomic E-state index is 14.7. The van der Waals surface area contributed by atoms with E-state index < -0.39 is 133 Å². The van der Waals surface area contributed by atoms with Crippen LogP contribution >= 0.6 is 0 Å². The van der Waals surface area contributed by atoms with E-state index in [2.05, 4.69) is 31.9 Å². The molecule has 0 aromatic carbocycles. The lowest BCUT2D eigenvalue weighted by atomic mass is 9.82. The molecule has 21 nitrogen and oxygen atoms in total. The molecule has 7 amide bonds. The number of amides is 7. The lowest BCUT2D eigenvalue weighted by Crippen LogP contribution is -2.63. The number of carbonyl (C=O) groups is 11. The van der Waals surface area contributed by atoms with Gasteiger partial charge in [-0.15, -0.1) is 0 Å². The summed E-state index contributed by atoms with van der Waals surface area (Å²) in [6.45, 7) is 7.70. The van der Waals surface area contributed by atoms with Gasteiger partial charge in [0, 0.05) is 26.3 Å². The molecule has 1 saturated carbocycles. The van der Waals surface area contributed by atoms with Crippen LogP contribution in [0.1, 0.15) is 131 Å². The monoisotopic (exact) mass is 893 g/mol. The van der Waals surface area contributed by atoms with Gasteiger partial charge in [-0.25, -0.2) is 0 Å². The zero-order valence-corrected chi connectivity index (χ0v) is 37.1. The van der Waals surface area contributed by atoms with Crippen molar-refractivity contribution in [1.29, 1.82) is 0 Å². The summed E-state index contributed by atoms with van der Waals surface area (Å²) >= 11 is 0. The SMILES string of the molecule is CCCOC(=O)CNC(=O)C(=O)C(CCC)NC(=O)C1CCCCN1C(=O)C(NC(=O)C(NC(=O)C(CCC(=O)O)NC(=O)C(CCC(=O)O)NC(C)=O)C(C)C)C1CCCCC1. The first-order valence-corrected chi connectivity index (χ1v) is 22.0. The van der Waals surface area contributed by atoms with Crippen molar-refractivity contribution in [1.82, 2.24) is 36.8 Å².